The van der Waals surface area contributed by atoms with E-state index in [1.165, 1.54) is 0 Å². The van der Waals surface area contributed by atoms with E-state index >= 15 is 0 Å². The standard InChI is InChI=1S/C23H30O5/c1-8-9-16-12-18(23(28-7)21(13-16)26-5)15(2)22(27-6)17-10-11-19(24-3)20(14-17)25-4/h8-15,22H,1-7H3/b9-8+. The van der Waals surface area contributed by atoms with Crippen LogP contribution in [0.1, 0.15) is 42.6 Å². The van der Waals surface area contributed by atoms with Crippen LogP contribution in [0.3, 0.4) is 0 Å². The Balaban J connectivity index is 2.55. The van der Waals surface area contributed by atoms with Gasteiger partial charge in [-0.15, -0.1) is 0 Å². The SMILES string of the molecule is C/C=C/c1cc(OC)c(OC)c(C(C)C(OC)c2ccc(OC)c(OC)c2)c1. The normalized spacial score (nSPS) is 13.2. The number of benzene rings is 2. The summed E-state index contributed by atoms with van der Waals surface area (Å²) in [7, 11) is 8.26. The molecular formula is C23H30O5. The van der Waals surface area contributed by atoms with Crippen molar-refractivity contribution in [1.82, 2.24) is 0 Å². The Kier molecular flexibility index (Phi) is 7.76. The van der Waals surface area contributed by atoms with E-state index in [9.17, 15) is 0 Å². The summed E-state index contributed by atoms with van der Waals surface area (Å²) >= 11 is 0. The second-order valence-electron chi connectivity index (χ2n) is 6.41. The van der Waals surface area contributed by atoms with Crippen LogP contribution in [0.15, 0.2) is 36.4 Å². The first-order valence-electron chi connectivity index (χ1n) is 9.17. The molecule has 2 aromatic carbocycles. The minimum atomic E-state index is -0.209. The lowest BCUT2D eigenvalue weighted by Gasteiger charge is -2.26. The molecular weight excluding hydrogens is 356 g/mol. The molecule has 2 rings (SSSR count). The molecule has 2 unspecified atom stereocenters. The molecule has 0 fully saturated rings. The number of rotatable bonds is 9. The first-order valence-corrected chi connectivity index (χ1v) is 9.17. The fraction of sp³-hybridized carbons (Fsp3) is 0.391. The molecule has 0 aromatic heterocycles. The number of allylic oxidation sites excluding steroid dienone is 1. The van der Waals surface area contributed by atoms with Crippen molar-refractivity contribution in [3.05, 3.63) is 53.1 Å². The van der Waals surface area contributed by atoms with Gasteiger partial charge in [0.05, 0.1) is 34.5 Å². The molecule has 0 heterocycles. The Morgan fingerprint density at radius 3 is 2.00 bits per heavy atom. The Hall–Kier alpha value is -2.66. The molecule has 0 aliphatic rings. The molecule has 5 heteroatoms. The topological polar surface area (TPSA) is 46.2 Å². The van der Waals surface area contributed by atoms with Gasteiger partial charge < -0.3 is 23.7 Å². The van der Waals surface area contributed by atoms with Crippen LogP contribution in [0.2, 0.25) is 0 Å². The maximum atomic E-state index is 5.89. The van der Waals surface area contributed by atoms with Gasteiger partial charge in [-0.05, 0) is 42.3 Å². The van der Waals surface area contributed by atoms with Crippen LogP contribution < -0.4 is 18.9 Å². The quantitative estimate of drug-likeness (QED) is 0.589. The van der Waals surface area contributed by atoms with Gasteiger partial charge in [-0.2, -0.15) is 0 Å². The molecule has 0 saturated heterocycles. The van der Waals surface area contributed by atoms with Gasteiger partial charge >= 0.3 is 0 Å². The predicted octanol–water partition coefficient (Wildman–Crippen LogP) is 5.25. The minimum absolute atomic E-state index is 0.00263. The highest BCUT2D eigenvalue weighted by molar-refractivity contribution is 5.60. The number of hydrogen-bond acceptors (Lipinski definition) is 5. The lowest BCUT2D eigenvalue weighted by atomic mass is 9.88. The third-order valence-corrected chi connectivity index (χ3v) is 4.82. The zero-order chi connectivity index (χ0) is 20.7. The number of methoxy groups -OCH3 is 5. The van der Waals surface area contributed by atoms with Gasteiger partial charge in [-0.3, -0.25) is 0 Å². The first kappa shape index (κ1) is 21.6. The summed E-state index contributed by atoms with van der Waals surface area (Å²) in [6.07, 6.45) is 3.83. The molecule has 152 valence electrons. The van der Waals surface area contributed by atoms with Crippen LogP contribution in [0.5, 0.6) is 23.0 Å². The van der Waals surface area contributed by atoms with Crippen molar-refractivity contribution < 1.29 is 23.7 Å². The third-order valence-electron chi connectivity index (χ3n) is 4.82. The maximum absolute atomic E-state index is 5.89. The summed E-state index contributed by atoms with van der Waals surface area (Å²) < 4.78 is 27.9. The van der Waals surface area contributed by atoms with Crippen molar-refractivity contribution in [3.8, 4) is 23.0 Å². The van der Waals surface area contributed by atoms with E-state index in [1.807, 2.05) is 43.3 Å². The summed E-state index contributed by atoms with van der Waals surface area (Å²) in [5.74, 6) is 2.76. The molecule has 0 aliphatic carbocycles. The minimum Gasteiger partial charge on any atom is -0.493 e. The second-order valence-corrected chi connectivity index (χ2v) is 6.41. The monoisotopic (exact) mass is 386 g/mol. The van der Waals surface area contributed by atoms with Gasteiger partial charge in [0.15, 0.2) is 23.0 Å². The zero-order valence-electron chi connectivity index (χ0n) is 17.7. The van der Waals surface area contributed by atoms with Gasteiger partial charge in [0.2, 0.25) is 0 Å². The van der Waals surface area contributed by atoms with Crippen LogP contribution in [-0.4, -0.2) is 35.5 Å². The molecule has 0 radical (unpaired) electrons. The molecule has 0 bridgehead atoms. The molecule has 0 spiro atoms. The van der Waals surface area contributed by atoms with Gasteiger partial charge in [0.25, 0.3) is 0 Å². The second kappa shape index (κ2) is 10.0. The average Bonchev–Trinajstić information content (AvgIpc) is 2.73. The van der Waals surface area contributed by atoms with Crippen LogP contribution in [-0.2, 0) is 4.74 Å². The Morgan fingerprint density at radius 1 is 0.786 bits per heavy atom. The van der Waals surface area contributed by atoms with Crippen molar-refractivity contribution in [3.63, 3.8) is 0 Å². The fourth-order valence-electron chi connectivity index (χ4n) is 3.46. The van der Waals surface area contributed by atoms with E-state index in [0.29, 0.717) is 23.0 Å². The zero-order valence-corrected chi connectivity index (χ0v) is 17.7. The molecule has 2 aromatic rings. The first-order chi connectivity index (χ1) is 13.5. The highest BCUT2D eigenvalue weighted by Gasteiger charge is 2.26. The Morgan fingerprint density at radius 2 is 1.46 bits per heavy atom. The van der Waals surface area contributed by atoms with Crippen molar-refractivity contribution in [2.24, 2.45) is 0 Å². The molecule has 0 N–H and O–H groups in total. The molecule has 5 nitrogen and oxygen atoms in total. The predicted molar refractivity (Wildman–Crippen MR) is 112 cm³/mol. The van der Waals surface area contributed by atoms with Gasteiger partial charge in [0, 0.05) is 18.6 Å². The van der Waals surface area contributed by atoms with E-state index in [-0.39, 0.29) is 12.0 Å². The summed E-state index contributed by atoms with van der Waals surface area (Å²) in [5.41, 5.74) is 3.05. The average molecular weight is 386 g/mol. The summed E-state index contributed by atoms with van der Waals surface area (Å²) in [6.45, 7) is 4.10. The van der Waals surface area contributed by atoms with Crippen LogP contribution >= 0.6 is 0 Å². The molecule has 0 amide bonds. The van der Waals surface area contributed by atoms with Crippen LogP contribution in [0, 0.1) is 0 Å². The van der Waals surface area contributed by atoms with E-state index < -0.39 is 0 Å². The van der Waals surface area contributed by atoms with E-state index in [0.717, 1.165) is 16.7 Å². The molecule has 0 aliphatic heterocycles. The largest absolute Gasteiger partial charge is 0.493 e. The highest BCUT2D eigenvalue weighted by Crippen LogP contribution is 2.44. The van der Waals surface area contributed by atoms with Crippen LogP contribution in [0.4, 0.5) is 0 Å². The van der Waals surface area contributed by atoms with E-state index in [2.05, 4.69) is 13.0 Å². The van der Waals surface area contributed by atoms with Gasteiger partial charge in [0.1, 0.15) is 0 Å². The highest BCUT2D eigenvalue weighted by atomic mass is 16.5. The fourth-order valence-corrected chi connectivity index (χ4v) is 3.46. The Labute approximate surface area is 167 Å². The number of hydrogen-bond donors (Lipinski definition) is 0. The lowest BCUT2D eigenvalue weighted by molar-refractivity contribution is 0.0824. The van der Waals surface area contributed by atoms with Crippen molar-refractivity contribution >= 4 is 6.08 Å². The van der Waals surface area contributed by atoms with E-state index in [4.69, 9.17) is 23.7 Å². The smallest absolute Gasteiger partial charge is 0.164 e. The van der Waals surface area contributed by atoms with Gasteiger partial charge in [-0.1, -0.05) is 25.1 Å². The molecule has 0 saturated carbocycles. The van der Waals surface area contributed by atoms with Crippen molar-refractivity contribution in [2.75, 3.05) is 35.5 Å². The summed E-state index contributed by atoms with van der Waals surface area (Å²) in [4.78, 5) is 0. The number of ether oxygens (including phenoxy) is 5. The maximum Gasteiger partial charge on any atom is 0.164 e. The molecule has 28 heavy (non-hydrogen) atoms. The van der Waals surface area contributed by atoms with E-state index in [1.54, 1.807) is 35.5 Å². The molecule has 2 atom stereocenters. The summed E-state index contributed by atoms with van der Waals surface area (Å²) in [6, 6.07) is 9.90. The third kappa shape index (κ3) is 4.42. The Bertz CT molecular complexity index is 813. The lowest BCUT2D eigenvalue weighted by Crippen LogP contribution is -2.13. The summed E-state index contributed by atoms with van der Waals surface area (Å²) in [5, 5.41) is 0. The van der Waals surface area contributed by atoms with Crippen molar-refractivity contribution in [2.45, 2.75) is 25.9 Å². The van der Waals surface area contributed by atoms with Crippen molar-refractivity contribution in [1.29, 1.82) is 0 Å². The van der Waals surface area contributed by atoms with Gasteiger partial charge in [-0.25, -0.2) is 0 Å². The van der Waals surface area contributed by atoms with Crippen LogP contribution in [0.25, 0.3) is 6.08 Å².